The van der Waals surface area contributed by atoms with Crippen LogP contribution in [0, 0.1) is 13.8 Å². The molecule has 0 saturated heterocycles. The Hall–Kier alpha value is -1.69. The summed E-state index contributed by atoms with van der Waals surface area (Å²) in [5, 5.41) is 6.27. The Balaban J connectivity index is 2.15. The van der Waals surface area contributed by atoms with Crippen molar-refractivity contribution in [3.63, 3.8) is 0 Å². The number of hydrogen-bond acceptors (Lipinski definition) is 4. The molecule has 2 aromatic rings. The first-order chi connectivity index (χ1) is 8.06. The van der Waals surface area contributed by atoms with Gasteiger partial charge in [0.25, 0.3) is 5.91 Å². The van der Waals surface area contributed by atoms with Crippen molar-refractivity contribution in [3.05, 3.63) is 39.8 Å². The number of aromatic nitrogens is 2. The van der Waals surface area contributed by atoms with Crippen molar-refractivity contribution in [2.75, 3.05) is 5.32 Å². The molecule has 1 amide bonds. The summed E-state index contributed by atoms with van der Waals surface area (Å²) >= 11 is 3.34. The van der Waals surface area contributed by atoms with E-state index >= 15 is 0 Å². The molecule has 0 radical (unpaired) electrons. The van der Waals surface area contributed by atoms with Gasteiger partial charge in [0.05, 0.1) is 5.69 Å². The molecule has 0 fully saturated rings. The smallest absolute Gasteiger partial charge is 0.279 e. The molecule has 5 nitrogen and oxygen atoms in total. The Kier molecular flexibility index (Phi) is 3.23. The number of nitrogens with zero attached hydrogens (tertiary/aromatic N) is 2. The Morgan fingerprint density at radius 2 is 2.18 bits per heavy atom. The second-order valence-electron chi connectivity index (χ2n) is 3.54. The maximum absolute atomic E-state index is 11.7. The fourth-order valence-corrected chi connectivity index (χ4v) is 1.49. The average Bonchev–Trinajstić information content (AvgIpc) is 2.70. The highest BCUT2D eigenvalue weighted by Gasteiger charge is 2.11. The number of carbonyl (C=O) groups is 1. The highest BCUT2D eigenvalue weighted by Crippen LogP contribution is 2.16. The van der Waals surface area contributed by atoms with Gasteiger partial charge in [-0.2, -0.15) is 0 Å². The van der Waals surface area contributed by atoms with Gasteiger partial charge in [0.15, 0.2) is 5.69 Å². The molecular weight excluding hydrogens is 286 g/mol. The van der Waals surface area contributed by atoms with Crippen molar-refractivity contribution in [3.8, 4) is 0 Å². The van der Waals surface area contributed by atoms with E-state index < -0.39 is 0 Å². The Bertz CT molecular complexity index is 566. The zero-order valence-electron chi connectivity index (χ0n) is 9.32. The van der Waals surface area contributed by atoms with Crippen molar-refractivity contribution < 1.29 is 9.32 Å². The van der Waals surface area contributed by atoms with Gasteiger partial charge in [0, 0.05) is 10.5 Å². The number of nitrogens with one attached hydrogen (secondary N) is 1. The molecule has 0 aliphatic carbocycles. The monoisotopic (exact) mass is 295 g/mol. The minimum Gasteiger partial charge on any atom is -0.361 e. The first-order valence-corrected chi connectivity index (χ1v) is 5.73. The number of hydrogen-bond donors (Lipinski definition) is 1. The van der Waals surface area contributed by atoms with Crippen LogP contribution >= 0.6 is 15.9 Å². The van der Waals surface area contributed by atoms with Gasteiger partial charge in [-0.3, -0.25) is 4.79 Å². The summed E-state index contributed by atoms with van der Waals surface area (Å²) in [7, 11) is 0. The van der Waals surface area contributed by atoms with Crippen molar-refractivity contribution in [2.45, 2.75) is 13.8 Å². The fourth-order valence-electron chi connectivity index (χ4n) is 1.27. The van der Waals surface area contributed by atoms with E-state index in [0.717, 1.165) is 10.2 Å². The summed E-state index contributed by atoms with van der Waals surface area (Å²) in [4.78, 5) is 15.9. The van der Waals surface area contributed by atoms with Crippen LogP contribution in [-0.4, -0.2) is 16.0 Å². The third-order valence-corrected chi connectivity index (χ3v) is 2.96. The number of pyridine rings is 1. The van der Waals surface area contributed by atoms with Crippen molar-refractivity contribution in [1.29, 1.82) is 0 Å². The van der Waals surface area contributed by atoms with E-state index in [9.17, 15) is 4.79 Å². The van der Waals surface area contributed by atoms with Gasteiger partial charge in [-0.1, -0.05) is 5.16 Å². The molecule has 88 valence electrons. The zero-order chi connectivity index (χ0) is 12.4. The largest absolute Gasteiger partial charge is 0.361 e. The molecule has 2 aromatic heterocycles. The predicted molar refractivity (Wildman–Crippen MR) is 65.9 cm³/mol. The lowest BCUT2D eigenvalue weighted by Gasteiger charge is -2.03. The number of carbonyl (C=O) groups excluding carboxylic acids is 1. The van der Waals surface area contributed by atoms with Crippen LogP contribution in [0.1, 0.15) is 21.9 Å². The third kappa shape index (κ3) is 2.71. The lowest BCUT2D eigenvalue weighted by atomic mass is 10.3. The van der Waals surface area contributed by atoms with Gasteiger partial charge in [0.2, 0.25) is 0 Å². The number of rotatable bonds is 2. The van der Waals surface area contributed by atoms with E-state index in [2.05, 4.69) is 31.4 Å². The van der Waals surface area contributed by atoms with Gasteiger partial charge in [-0.05, 0) is 41.9 Å². The number of halogens is 1. The van der Waals surface area contributed by atoms with Gasteiger partial charge in [0.1, 0.15) is 11.6 Å². The Morgan fingerprint density at radius 3 is 2.76 bits per heavy atom. The first kappa shape index (κ1) is 11.8. The highest BCUT2D eigenvalue weighted by atomic mass is 79.9. The van der Waals surface area contributed by atoms with E-state index in [1.165, 1.54) is 0 Å². The number of amides is 1. The predicted octanol–water partition coefficient (Wildman–Crippen LogP) is 2.70. The molecule has 6 heteroatoms. The molecule has 0 spiro atoms. The van der Waals surface area contributed by atoms with E-state index in [1.54, 1.807) is 19.1 Å². The third-order valence-electron chi connectivity index (χ3n) is 2.12. The minimum absolute atomic E-state index is 0.241. The van der Waals surface area contributed by atoms with E-state index in [1.807, 2.05) is 13.0 Å². The summed E-state index contributed by atoms with van der Waals surface area (Å²) in [6, 6.07) is 5.11. The SMILES string of the molecule is Cc1cc(C(=O)Nc2ccc(Br)c(C)n2)no1. The van der Waals surface area contributed by atoms with Crippen LogP contribution in [0.15, 0.2) is 27.2 Å². The molecule has 0 unspecified atom stereocenters. The van der Waals surface area contributed by atoms with Gasteiger partial charge in [-0.15, -0.1) is 0 Å². The molecule has 0 atom stereocenters. The first-order valence-electron chi connectivity index (χ1n) is 4.94. The summed E-state index contributed by atoms with van der Waals surface area (Å²) in [6.07, 6.45) is 0. The van der Waals surface area contributed by atoms with E-state index in [4.69, 9.17) is 4.52 Å². The van der Waals surface area contributed by atoms with Crippen LogP contribution in [0.3, 0.4) is 0 Å². The molecule has 0 saturated carbocycles. The molecule has 2 heterocycles. The second-order valence-corrected chi connectivity index (χ2v) is 4.39. The normalized spacial score (nSPS) is 10.3. The van der Waals surface area contributed by atoms with Crippen LogP contribution in [0.4, 0.5) is 5.82 Å². The topological polar surface area (TPSA) is 68.0 Å². The molecule has 0 aromatic carbocycles. The minimum atomic E-state index is -0.337. The zero-order valence-corrected chi connectivity index (χ0v) is 10.9. The maximum atomic E-state index is 11.7. The van der Waals surface area contributed by atoms with Crippen LogP contribution in [0.2, 0.25) is 0 Å². The molecule has 0 aliphatic heterocycles. The average molecular weight is 296 g/mol. The Labute approximate surface area is 106 Å². The van der Waals surface area contributed by atoms with Crippen LogP contribution in [-0.2, 0) is 0 Å². The molecule has 1 N–H and O–H groups in total. The van der Waals surface area contributed by atoms with Crippen LogP contribution in [0.25, 0.3) is 0 Å². The summed E-state index contributed by atoms with van der Waals surface area (Å²) < 4.78 is 5.72. The van der Waals surface area contributed by atoms with Gasteiger partial charge >= 0.3 is 0 Å². The molecule has 0 aliphatic rings. The van der Waals surface area contributed by atoms with Crippen molar-refractivity contribution >= 4 is 27.7 Å². The molecular formula is C11H10BrN3O2. The van der Waals surface area contributed by atoms with Crippen molar-refractivity contribution in [1.82, 2.24) is 10.1 Å². The highest BCUT2D eigenvalue weighted by molar-refractivity contribution is 9.10. The summed E-state index contributed by atoms with van der Waals surface area (Å²) in [5.74, 6) is 0.738. The second kappa shape index (κ2) is 4.67. The van der Waals surface area contributed by atoms with E-state index in [0.29, 0.717) is 11.6 Å². The van der Waals surface area contributed by atoms with Crippen molar-refractivity contribution in [2.24, 2.45) is 0 Å². The molecule has 2 rings (SSSR count). The number of anilines is 1. The Morgan fingerprint density at radius 1 is 1.41 bits per heavy atom. The molecule has 0 bridgehead atoms. The fraction of sp³-hybridized carbons (Fsp3) is 0.182. The van der Waals surface area contributed by atoms with Crippen LogP contribution < -0.4 is 5.32 Å². The lowest BCUT2D eigenvalue weighted by molar-refractivity contribution is 0.101. The quantitative estimate of drug-likeness (QED) is 0.925. The lowest BCUT2D eigenvalue weighted by Crippen LogP contribution is -2.13. The summed E-state index contributed by atoms with van der Waals surface area (Å²) in [6.45, 7) is 3.58. The standard InChI is InChI=1S/C11H10BrN3O2/c1-6-5-9(15-17-6)11(16)14-10-4-3-8(12)7(2)13-10/h3-5H,1-2H3,(H,13,14,16). The van der Waals surface area contributed by atoms with E-state index in [-0.39, 0.29) is 11.6 Å². The summed E-state index contributed by atoms with van der Waals surface area (Å²) in [5.41, 5.74) is 1.05. The van der Waals surface area contributed by atoms with Crippen LogP contribution in [0.5, 0.6) is 0 Å². The maximum Gasteiger partial charge on any atom is 0.279 e. The van der Waals surface area contributed by atoms with Gasteiger partial charge < -0.3 is 9.84 Å². The van der Waals surface area contributed by atoms with Gasteiger partial charge in [-0.25, -0.2) is 4.98 Å². The number of aryl methyl sites for hydroxylation is 2. The molecule has 17 heavy (non-hydrogen) atoms.